The first-order chi connectivity index (χ1) is 9.90. The van der Waals surface area contributed by atoms with Gasteiger partial charge in [0.1, 0.15) is 11.4 Å². The summed E-state index contributed by atoms with van der Waals surface area (Å²) in [7, 11) is 0. The van der Waals surface area contributed by atoms with Crippen LogP contribution in [0.3, 0.4) is 0 Å². The predicted molar refractivity (Wildman–Crippen MR) is 79.1 cm³/mol. The van der Waals surface area contributed by atoms with E-state index >= 15 is 0 Å². The minimum atomic E-state index is -0.543. The van der Waals surface area contributed by atoms with Gasteiger partial charge in [-0.05, 0) is 39.3 Å². The lowest BCUT2D eigenvalue weighted by atomic mass is 10.2. The van der Waals surface area contributed by atoms with E-state index in [0.29, 0.717) is 24.6 Å². The van der Waals surface area contributed by atoms with Crippen LogP contribution in [0.2, 0.25) is 0 Å². The number of carbonyl (C=O) groups is 1. The molecule has 6 heteroatoms. The van der Waals surface area contributed by atoms with E-state index in [-0.39, 0.29) is 6.61 Å². The Morgan fingerprint density at radius 1 is 1.43 bits per heavy atom. The number of nitrogens with zero attached hydrogens (tertiary/aromatic N) is 3. The molecule has 2 heterocycles. The highest BCUT2D eigenvalue weighted by atomic mass is 16.6. The molecule has 1 N–H and O–H groups in total. The fourth-order valence-corrected chi connectivity index (χ4v) is 2.00. The number of hydrogen-bond donors (Lipinski definition) is 1. The van der Waals surface area contributed by atoms with E-state index in [1.54, 1.807) is 23.2 Å². The van der Waals surface area contributed by atoms with Crippen LogP contribution in [0.25, 0.3) is 0 Å². The van der Waals surface area contributed by atoms with Crippen LogP contribution in [0.4, 0.5) is 4.79 Å². The largest absolute Gasteiger partial charge is 0.443 e. The number of carbonyl (C=O) groups excluding carboxylic acids is 1. The second-order valence-electron chi connectivity index (χ2n) is 5.89. The number of amides is 1. The Hall–Kier alpha value is -1.95. The van der Waals surface area contributed by atoms with Crippen molar-refractivity contribution in [2.75, 3.05) is 13.1 Å². The minimum Gasteiger partial charge on any atom is -0.443 e. The van der Waals surface area contributed by atoms with Gasteiger partial charge in [0.05, 0.1) is 12.3 Å². The quantitative estimate of drug-likeness (QED) is 0.904. The molecule has 0 saturated carbocycles. The second-order valence-corrected chi connectivity index (χ2v) is 5.89. The van der Waals surface area contributed by atoms with Crippen molar-refractivity contribution in [3.63, 3.8) is 0 Å². The second kappa shape index (κ2) is 6.22. The molecule has 0 radical (unpaired) electrons. The van der Waals surface area contributed by atoms with E-state index in [9.17, 15) is 4.79 Å². The van der Waals surface area contributed by atoms with Crippen molar-refractivity contribution in [1.82, 2.24) is 9.88 Å². The summed E-state index contributed by atoms with van der Waals surface area (Å²) in [4.78, 5) is 22.4. The Balaban J connectivity index is 2.22. The molecule has 1 aromatic rings. The third-order valence-electron chi connectivity index (χ3n) is 2.92. The number of aromatic nitrogens is 1. The molecule has 1 aromatic heterocycles. The molecule has 0 saturated heterocycles. The standard InChI is InChI=1S/C15H21N3O3/c1-15(2,3)21-14(20)18-8-4-7-16-13(18)11-5-6-12(10-19)17-9-11/h5-6,9,19H,4,7-8,10H2,1-3H3. The fraction of sp³-hybridized carbons (Fsp3) is 0.533. The Morgan fingerprint density at radius 3 is 2.76 bits per heavy atom. The van der Waals surface area contributed by atoms with Crippen LogP contribution in [-0.4, -0.2) is 45.6 Å². The third kappa shape index (κ3) is 4.01. The number of amidine groups is 1. The van der Waals surface area contributed by atoms with Crippen LogP contribution in [-0.2, 0) is 11.3 Å². The number of aliphatic imine (C=N–C) groups is 1. The Kier molecular flexibility index (Phi) is 4.57. The van der Waals surface area contributed by atoms with Crippen molar-refractivity contribution in [3.8, 4) is 0 Å². The number of aliphatic hydroxyl groups excluding tert-OH is 1. The zero-order valence-electron chi connectivity index (χ0n) is 12.7. The van der Waals surface area contributed by atoms with Gasteiger partial charge in [-0.15, -0.1) is 0 Å². The molecule has 1 aliphatic rings. The van der Waals surface area contributed by atoms with Gasteiger partial charge in [0.2, 0.25) is 0 Å². The third-order valence-corrected chi connectivity index (χ3v) is 2.92. The highest BCUT2D eigenvalue weighted by Gasteiger charge is 2.28. The van der Waals surface area contributed by atoms with Crippen molar-refractivity contribution in [1.29, 1.82) is 0 Å². The lowest BCUT2D eigenvalue weighted by Crippen LogP contribution is -2.44. The molecule has 114 valence electrons. The molecule has 1 amide bonds. The Morgan fingerprint density at radius 2 is 2.19 bits per heavy atom. The van der Waals surface area contributed by atoms with Crippen LogP contribution in [0, 0.1) is 0 Å². The molecular formula is C15H21N3O3. The average Bonchev–Trinajstić information content (AvgIpc) is 2.45. The highest BCUT2D eigenvalue weighted by molar-refractivity contribution is 6.06. The summed E-state index contributed by atoms with van der Waals surface area (Å²) in [6, 6.07) is 3.53. The molecule has 0 aromatic carbocycles. The summed E-state index contributed by atoms with van der Waals surface area (Å²) in [5, 5.41) is 9.03. The summed E-state index contributed by atoms with van der Waals surface area (Å²) in [5.74, 6) is 0.576. The average molecular weight is 291 g/mol. The van der Waals surface area contributed by atoms with Crippen molar-refractivity contribution in [3.05, 3.63) is 29.6 Å². The van der Waals surface area contributed by atoms with Gasteiger partial charge in [0.25, 0.3) is 0 Å². The minimum absolute atomic E-state index is 0.109. The monoisotopic (exact) mass is 291 g/mol. The van der Waals surface area contributed by atoms with E-state index in [0.717, 1.165) is 12.0 Å². The number of aliphatic hydroxyl groups is 1. The molecule has 0 fully saturated rings. The predicted octanol–water partition coefficient (Wildman–Crippen LogP) is 1.96. The molecular weight excluding hydrogens is 270 g/mol. The van der Waals surface area contributed by atoms with Gasteiger partial charge >= 0.3 is 6.09 Å². The van der Waals surface area contributed by atoms with Crippen LogP contribution in [0.5, 0.6) is 0 Å². The van der Waals surface area contributed by atoms with Gasteiger partial charge in [-0.3, -0.25) is 14.9 Å². The maximum absolute atomic E-state index is 12.3. The number of hydrogen-bond acceptors (Lipinski definition) is 5. The summed E-state index contributed by atoms with van der Waals surface area (Å²) in [5.41, 5.74) is 0.787. The number of pyridine rings is 1. The van der Waals surface area contributed by atoms with Crippen molar-refractivity contribution < 1.29 is 14.6 Å². The maximum atomic E-state index is 12.3. The van der Waals surface area contributed by atoms with Gasteiger partial charge in [-0.2, -0.15) is 0 Å². The normalized spacial score (nSPS) is 15.6. The van der Waals surface area contributed by atoms with Gasteiger partial charge in [0.15, 0.2) is 0 Å². The molecule has 0 aliphatic carbocycles. The van der Waals surface area contributed by atoms with Crippen molar-refractivity contribution >= 4 is 11.9 Å². The summed E-state index contributed by atoms with van der Waals surface area (Å²) >= 11 is 0. The van der Waals surface area contributed by atoms with Gasteiger partial charge in [-0.25, -0.2) is 4.79 Å². The zero-order chi connectivity index (χ0) is 15.5. The Bertz CT molecular complexity index is 532. The first-order valence-electron chi connectivity index (χ1n) is 7.02. The van der Waals surface area contributed by atoms with E-state index in [4.69, 9.17) is 9.84 Å². The molecule has 0 spiro atoms. The van der Waals surface area contributed by atoms with Gasteiger partial charge in [0, 0.05) is 24.8 Å². The topological polar surface area (TPSA) is 75.0 Å². The van der Waals surface area contributed by atoms with E-state index < -0.39 is 11.7 Å². The zero-order valence-corrected chi connectivity index (χ0v) is 12.7. The molecule has 6 nitrogen and oxygen atoms in total. The van der Waals surface area contributed by atoms with Crippen LogP contribution in [0.1, 0.15) is 38.4 Å². The van der Waals surface area contributed by atoms with E-state index in [2.05, 4.69) is 9.98 Å². The fourth-order valence-electron chi connectivity index (χ4n) is 2.00. The maximum Gasteiger partial charge on any atom is 0.416 e. The van der Waals surface area contributed by atoms with E-state index in [1.807, 2.05) is 20.8 Å². The molecule has 0 atom stereocenters. The Labute approximate surface area is 124 Å². The molecule has 0 unspecified atom stereocenters. The highest BCUT2D eigenvalue weighted by Crippen LogP contribution is 2.16. The summed E-state index contributed by atoms with van der Waals surface area (Å²) in [6.45, 7) is 6.66. The SMILES string of the molecule is CC(C)(C)OC(=O)N1CCCN=C1c1ccc(CO)nc1. The van der Waals surface area contributed by atoms with Gasteiger partial charge in [-0.1, -0.05) is 0 Å². The van der Waals surface area contributed by atoms with Crippen molar-refractivity contribution in [2.45, 2.75) is 39.4 Å². The summed E-state index contributed by atoms with van der Waals surface area (Å²) < 4.78 is 5.42. The summed E-state index contributed by atoms with van der Waals surface area (Å²) in [6.07, 6.45) is 2.03. The first kappa shape index (κ1) is 15.4. The number of rotatable bonds is 2. The lowest BCUT2D eigenvalue weighted by molar-refractivity contribution is 0.0364. The van der Waals surface area contributed by atoms with E-state index in [1.165, 1.54) is 0 Å². The molecule has 21 heavy (non-hydrogen) atoms. The van der Waals surface area contributed by atoms with Gasteiger partial charge < -0.3 is 9.84 Å². The smallest absolute Gasteiger partial charge is 0.416 e. The van der Waals surface area contributed by atoms with Crippen LogP contribution in [0.15, 0.2) is 23.3 Å². The first-order valence-corrected chi connectivity index (χ1v) is 7.02. The van der Waals surface area contributed by atoms with Crippen LogP contribution < -0.4 is 0 Å². The molecule has 1 aliphatic heterocycles. The van der Waals surface area contributed by atoms with Crippen molar-refractivity contribution in [2.24, 2.45) is 4.99 Å². The molecule has 0 bridgehead atoms. The number of ether oxygens (including phenoxy) is 1. The lowest BCUT2D eigenvalue weighted by Gasteiger charge is -2.30. The van der Waals surface area contributed by atoms with Crippen LogP contribution >= 0.6 is 0 Å². The molecule has 2 rings (SSSR count).